The van der Waals surface area contributed by atoms with Crippen LogP contribution in [0.25, 0.3) is 10.9 Å². The van der Waals surface area contributed by atoms with Crippen LogP contribution in [0.1, 0.15) is 42.2 Å². The zero-order valence-electron chi connectivity index (χ0n) is 9.89. The number of aryl methyl sites for hydroxylation is 2. The molecule has 2 aromatic rings. The third kappa shape index (κ3) is 1.65. The Morgan fingerprint density at radius 3 is 3.00 bits per heavy atom. The molecule has 0 fully saturated rings. The number of aliphatic hydroxyl groups excluding tert-OH is 1. The molecule has 0 amide bonds. The van der Waals surface area contributed by atoms with Crippen LogP contribution in [0.15, 0.2) is 12.1 Å². The van der Waals surface area contributed by atoms with Crippen molar-refractivity contribution in [2.75, 3.05) is 0 Å². The van der Waals surface area contributed by atoms with E-state index >= 15 is 0 Å². The highest BCUT2D eigenvalue weighted by Crippen LogP contribution is 2.35. The molecule has 1 heterocycles. The van der Waals surface area contributed by atoms with Crippen molar-refractivity contribution in [2.24, 2.45) is 0 Å². The molecule has 1 aliphatic carbocycles. The van der Waals surface area contributed by atoms with Crippen molar-refractivity contribution in [3.05, 3.63) is 34.8 Å². The van der Waals surface area contributed by atoms with Gasteiger partial charge in [-0.15, -0.1) is 0 Å². The largest absolute Gasteiger partial charge is 0.388 e. The Labute approximate surface area is 99.5 Å². The van der Waals surface area contributed by atoms with Crippen molar-refractivity contribution in [3.8, 4) is 0 Å². The molecule has 17 heavy (non-hydrogen) atoms. The maximum absolute atomic E-state index is 13.5. The lowest BCUT2D eigenvalue weighted by Crippen LogP contribution is -1.96. The number of aromatic amines is 1. The molecule has 0 saturated carbocycles. The fourth-order valence-electron chi connectivity index (χ4n) is 2.86. The monoisotopic (exact) mass is 233 g/mol. The summed E-state index contributed by atoms with van der Waals surface area (Å²) in [5.74, 6) is -0.228. The molecule has 1 aromatic heterocycles. The fraction of sp³-hybridized carbons (Fsp3) is 0.429. The second-order valence-electron chi connectivity index (χ2n) is 4.92. The molecule has 0 saturated heterocycles. The normalized spacial score (nSPS) is 20.3. The molecule has 3 heteroatoms. The highest BCUT2D eigenvalue weighted by molar-refractivity contribution is 5.87. The summed E-state index contributed by atoms with van der Waals surface area (Å²) in [6.45, 7) is 1.90. The van der Waals surface area contributed by atoms with Crippen LogP contribution in [0.4, 0.5) is 4.39 Å². The average Bonchev–Trinajstić information content (AvgIpc) is 2.53. The van der Waals surface area contributed by atoms with E-state index in [1.807, 2.05) is 6.92 Å². The molecule has 1 aliphatic rings. The van der Waals surface area contributed by atoms with Gasteiger partial charge in [-0.1, -0.05) is 6.42 Å². The van der Waals surface area contributed by atoms with Gasteiger partial charge >= 0.3 is 0 Å². The Hall–Kier alpha value is -1.35. The molecule has 0 radical (unpaired) electrons. The van der Waals surface area contributed by atoms with Crippen LogP contribution in [0.5, 0.6) is 0 Å². The molecule has 3 rings (SSSR count). The molecule has 2 N–H and O–H groups in total. The Kier molecular flexibility index (Phi) is 2.44. The van der Waals surface area contributed by atoms with Crippen molar-refractivity contribution >= 4 is 10.9 Å². The predicted octanol–water partition coefficient (Wildman–Crippen LogP) is 3.38. The molecule has 0 spiro atoms. The zero-order chi connectivity index (χ0) is 12.0. The topological polar surface area (TPSA) is 36.0 Å². The summed E-state index contributed by atoms with van der Waals surface area (Å²) >= 11 is 0. The third-order valence-electron chi connectivity index (χ3n) is 3.68. The molecule has 1 atom stereocenters. The Bertz CT molecular complexity index is 573. The van der Waals surface area contributed by atoms with Crippen LogP contribution < -0.4 is 0 Å². The smallest absolute Gasteiger partial charge is 0.124 e. The molecular weight excluding hydrogens is 217 g/mol. The van der Waals surface area contributed by atoms with Crippen molar-refractivity contribution < 1.29 is 9.50 Å². The van der Waals surface area contributed by atoms with Crippen molar-refractivity contribution in [3.63, 3.8) is 0 Å². The number of H-pyrrole nitrogens is 1. The van der Waals surface area contributed by atoms with Crippen LogP contribution in [0.2, 0.25) is 0 Å². The molecule has 90 valence electrons. The van der Waals surface area contributed by atoms with Gasteiger partial charge in [0.1, 0.15) is 5.82 Å². The number of hydrogen-bond acceptors (Lipinski definition) is 1. The maximum atomic E-state index is 13.5. The first kappa shape index (κ1) is 10.8. The highest BCUT2D eigenvalue weighted by atomic mass is 19.1. The Balaban J connectivity index is 2.32. The quantitative estimate of drug-likeness (QED) is 0.672. The SMILES string of the molecule is Cc1cc(F)cc2c3c([nH]c12)CCCCC3O. The molecule has 0 aliphatic heterocycles. The summed E-state index contributed by atoms with van der Waals surface area (Å²) in [4.78, 5) is 3.36. The first-order valence-corrected chi connectivity index (χ1v) is 6.15. The lowest BCUT2D eigenvalue weighted by atomic mass is 10.0. The molecular formula is C14H16FNO. The van der Waals surface area contributed by atoms with Crippen LogP contribution in [-0.2, 0) is 6.42 Å². The van der Waals surface area contributed by atoms with Gasteiger partial charge in [0, 0.05) is 22.2 Å². The first-order valence-electron chi connectivity index (χ1n) is 6.15. The van der Waals surface area contributed by atoms with Gasteiger partial charge in [-0.2, -0.15) is 0 Å². The Morgan fingerprint density at radius 1 is 1.35 bits per heavy atom. The van der Waals surface area contributed by atoms with E-state index in [1.54, 1.807) is 0 Å². The lowest BCUT2D eigenvalue weighted by molar-refractivity contribution is 0.168. The lowest BCUT2D eigenvalue weighted by Gasteiger charge is -2.08. The van der Waals surface area contributed by atoms with Gasteiger partial charge in [0.05, 0.1) is 6.10 Å². The second-order valence-corrected chi connectivity index (χ2v) is 4.92. The van der Waals surface area contributed by atoms with E-state index in [4.69, 9.17) is 0 Å². The number of aliphatic hydroxyl groups is 1. The standard InChI is InChI=1S/C14H16FNO/c1-8-6-9(15)7-10-13-11(16-14(8)10)4-2-3-5-12(13)17/h6-7,12,16-17H,2-5H2,1H3. The van der Waals surface area contributed by atoms with E-state index in [0.717, 1.165) is 53.4 Å². The number of benzene rings is 1. The summed E-state index contributed by atoms with van der Waals surface area (Å²) in [5, 5.41) is 11.0. The van der Waals surface area contributed by atoms with E-state index in [2.05, 4.69) is 4.98 Å². The van der Waals surface area contributed by atoms with Gasteiger partial charge in [-0.05, 0) is 43.9 Å². The minimum atomic E-state index is -0.456. The highest BCUT2D eigenvalue weighted by Gasteiger charge is 2.22. The summed E-state index contributed by atoms with van der Waals surface area (Å²) in [6, 6.07) is 3.07. The van der Waals surface area contributed by atoms with E-state index < -0.39 is 6.10 Å². The van der Waals surface area contributed by atoms with Crippen molar-refractivity contribution in [2.45, 2.75) is 38.7 Å². The summed E-state index contributed by atoms with van der Waals surface area (Å²) < 4.78 is 13.5. The number of fused-ring (bicyclic) bond motifs is 3. The van der Waals surface area contributed by atoms with E-state index in [1.165, 1.54) is 12.1 Å². The molecule has 1 aromatic carbocycles. The van der Waals surface area contributed by atoms with Crippen LogP contribution >= 0.6 is 0 Å². The summed E-state index contributed by atoms with van der Waals surface area (Å²) in [7, 11) is 0. The van der Waals surface area contributed by atoms with Crippen molar-refractivity contribution in [1.82, 2.24) is 4.98 Å². The number of hydrogen-bond donors (Lipinski definition) is 2. The van der Waals surface area contributed by atoms with E-state index in [0.29, 0.717) is 0 Å². The van der Waals surface area contributed by atoms with Gasteiger partial charge in [-0.3, -0.25) is 0 Å². The first-order chi connectivity index (χ1) is 8.16. The van der Waals surface area contributed by atoms with Gasteiger partial charge in [-0.25, -0.2) is 4.39 Å². The summed E-state index contributed by atoms with van der Waals surface area (Å²) in [5.41, 5.74) is 3.87. The van der Waals surface area contributed by atoms with Gasteiger partial charge in [0.25, 0.3) is 0 Å². The van der Waals surface area contributed by atoms with Gasteiger partial charge in [0.15, 0.2) is 0 Å². The van der Waals surface area contributed by atoms with E-state index in [-0.39, 0.29) is 5.82 Å². The maximum Gasteiger partial charge on any atom is 0.124 e. The molecule has 2 nitrogen and oxygen atoms in total. The zero-order valence-corrected chi connectivity index (χ0v) is 9.89. The van der Waals surface area contributed by atoms with Gasteiger partial charge in [0.2, 0.25) is 0 Å². The number of aromatic nitrogens is 1. The fourth-order valence-corrected chi connectivity index (χ4v) is 2.86. The number of halogens is 1. The van der Waals surface area contributed by atoms with Crippen LogP contribution in [-0.4, -0.2) is 10.1 Å². The van der Waals surface area contributed by atoms with Gasteiger partial charge < -0.3 is 10.1 Å². The average molecular weight is 233 g/mol. The second kappa shape index (κ2) is 3.84. The molecule has 0 bridgehead atoms. The van der Waals surface area contributed by atoms with Crippen molar-refractivity contribution in [1.29, 1.82) is 0 Å². The third-order valence-corrected chi connectivity index (χ3v) is 3.68. The van der Waals surface area contributed by atoms with Crippen LogP contribution in [0.3, 0.4) is 0 Å². The number of rotatable bonds is 0. The minimum absolute atomic E-state index is 0.228. The number of nitrogens with one attached hydrogen (secondary N) is 1. The molecule has 1 unspecified atom stereocenters. The Morgan fingerprint density at radius 2 is 2.18 bits per heavy atom. The minimum Gasteiger partial charge on any atom is -0.388 e. The van der Waals surface area contributed by atoms with Crippen LogP contribution in [0, 0.1) is 12.7 Å². The van der Waals surface area contributed by atoms with E-state index in [9.17, 15) is 9.50 Å². The summed E-state index contributed by atoms with van der Waals surface area (Å²) in [6.07, 6.45) is 3.37. The predicted molar refractivity (Wildman–Crippen MR) is 65.5 cm³/mol.